The number of pyridine rings is 1. The number of hydrogen-bond donors (Lipinski definition) is 1. The monoisotopic (exact) mass is 264 g/mol. The Balaban J connectivity index is 2.89. The SMILES string of the molecule is CC(C)SCC(N)c1cnccc1C(F)(F)F. The van der Waals surface area contributed by atoms with E-state index in [1.807, 2.05) is 13.8 Å². The van der Waals surface area contributed by atoms with Gasteiger partial charge < -0.3 is 5.73 Å². The second-order valence-electron chi connectivity index (χ2n) is 3.95. The lowest BCUT2D eigenvalue weighted by Crippen LogP contribution is -2.20. The molecular weight excluding hydrogens is 249 g/mol. The Morgan fingerprint density at radius 1 is 1.41 bits per heavy atom. The molecule has 0 aromatic carbocycles. The van der Waals surface area contributed by atoms with E-state index in [-0.39, 0.29) is 5.56 Å². The van der Waals surface area contributed by atoms with Crippen molar-refractivity contribution in [3.63, 3.8) is 0 Å². The van der Waals surface area contributed by atoms with Crippen molar-refractivity contribution in [2.75, 3.05) is 5.75 Å². The van der Waals surface area contributed by atoms with Gasteiger partial charge in [-0.05, 0) is 11.3 Å². The summed E-state index contributed by atoms with van der Waals surface area (Å²) >= 11 is 1.53. The molecule has 0 aliphatic heterocycles. The number of nitrogens with two attached hydrogens (primary N) is 1. The Morgan fingerprint density at radius 2 is 2.06 bits per heavy atom. The normalized spacial score (nSPS) is 14.1. The zero-order valence-electron chi connectivity index (χ0n) is 9.66. The molecule has 2 N–H and O–H groups in total. The van der Waals surface area contributed by atoms with Crippen LogP contribution >= 0.6 is 11.8 Å². The van der Waals surface area contributed by atoms with Crippen molar-refractivity contribution in [2.45, 2.75) is 31.3 Å². The first-order valence-electron chi connectivity index (χ1n) is 5.20. The topological polar surface area (TPSA) is 38.9 Å². The third-order valence-electron chi connectivity index (χ3n) is 2.17. The molecule has 1 aromatic heterocycles. The molecule has 0 saturated heterocycles. The maximum atomic E-state index is 12.7. The number of rotatable bonds is 4. The predicted molar refractivity (Wildman–Crippen MR) is 63.8 cm³/mol. The van der Waals surface area contributed by atoms with Gasteiger partial charge in [-0.1, -0.05) is 13.8 Å². The minimum Gasteiger partial charge on any atom is -0.323 e. The van der Waals surface area contributed by atoms with Gasteiger partial charge in [0.15, 0.2) is 0 Å². The highest BCUT2D eigenvalue weighted by atomic mass is 32.2. The third kappa shape index (κ3) is 4.20. The summed E-state index contributed by atoms with van der Waals surface area (Å²) in [5.74, 6) is 0.451. The van der Waals surface area contributed by atoms with Crippen molar-refractivity contribution in [1.29, 1.82) is 0 Å². The largest absolute Gasteiger partial charge is 0.416 e. The fourth-order valence-corrected chi connectivity index (χ4v) is 2.12. The van der Waals surface area contributed by atoms with Crippen LogP contribution in [0.25, 0.3) is 0 Å². The molecule has 0 radical (unpaired) electrons. The van der Waals surface area contributed by atoms with Crippen LogP contribution in [0.5, 0.6) is 0 Å². The average Bonchev–Trinajstić information content (AvgIpc) is 2.24. The number of halogens is 3. The molecule has 0 saturated carbocycles. The molecule has 1 aromatic rings. The number of thioether (sulfide) groups is 1. The summed E-state index contributed by atoms with van der Waals surface area (Å²) in [5, 5.41) is 0.340. The lowest BCUT2D eigenvalue weighted by molar-refractivity contribution is -0.138. The fourth-order valence-electron chi connectivity index (χ4n) is 1.35. The summed E-state index contributed by atoms with van der Waals surface area (Å²) in [7, 11) is 0. The van der Waals surface area contributed by atoms with Gasteiger partial charge in [0.25, 0.3) is 0 Å². The molecule has 1 rings (SSSR count). The summed E-state index contributed by atoms with van der Waals surface area (Å²) in [5.41, 5.74) is 5.15. The molecule has 17 heavy (non-hydrogen) atoms. The first-order chi connectivity index (χ1) is 7.82. The summed E-state index contributed by atoms with van der Waals surface area (Å²) in [6.07, 6.45) is -2.04. The van der Waals surface area contributed by atoms with Crippen LogP contribution in [0.4, 0.5) is 13.2 Å². The quantitative estimate of drug-likeness (QED) is 0.907. The van der Waals surface area contributed by atoms with E-state index in [1.165, 1.54) is 18.0 Å². The van der Waals surface area contributed by atoms with Gasteiger partial charge in [-0.2, -0.15) is 24.9 Å². The fraction of sp³-hybridized carbons (Fsp3) is 0.545. The van der Waals surface area contributed by atoms with Crippen LogP contribution in [-0.2, 0) is 6.18 Å². The average molecular weight is 264 g/mol. The number of hydrogen-bond acceptors (Lipinski definition) is 3. The van der Waals surface area contributed by atoms with E-state index in [1.54, 1.807) is 0 Å². The first-order valence-corrected chi connectivity index (χ1v) is 6.25. The van der Waals surface area contributed by atoms with Crippen molar-refractivity contribution in [3.8, 4) is 0 Å². The van der Waals surface area contributed by atoms with Gasteiger partial charge in [-0.3, -0.25) is 4.98 Å². The Kier molecular flexibility index (Phi) is 4.82. The minimum absolute atomic E-state index is 0.0631. The van der Waals surface area contributed by atoms with Crippen LogP contribution in [-0.4, -0.2) is 16.0 Å². The molecule has 1 atom stereocenters. The van der Waals surface area contributed by atoms with Gasteiger partial charge in [0, 0.05) is 29.8 Å². The number of alkyl halides is 3. The zero-order valence-corrected chi connectivity index (χ0v) is 10.5. The van der Waals surface area contributed by atoms with Gasteiger partial charge >= 0.3 is 6.18 Å². The molecule has 2 nitrogen and oxygen atoms in total. The van der Waals surface area contributed by atoms with E-state index >= 15 is 0 Å². The first kappa shape index (κ1) is 14.3. The van der Waals surface area contributed by atoms with Crippen molar-refractivity contribution in [1.82, 2.24) is 4.98 Å². The second kappa shape index (κ2) is 5.73. The maximum Gasteiger partial charge on any atom is 0.416 e. The van der Waals surface area contributed by atoms with Crippen molar-refractivity contribution < 1.29 is 13.2 Å². The molecule has 0 fully saturated rings. The number of nitrogens with zero attached hydrogens (tertiary/aromatic N) is 1. The Labute approximate surface area is 103 Å². The minimum atomic E-state index is -4.38. The van der Waals surface area contributed by atoms with Gasteiger partial charge in [0.1, 0.15) is 0 Å². The molecule has 0 amide bonds. The zero-order chi connectivity index (χ0) is 13.1. The molecule has 0 bridgehead atoms. The van der Waals surface area contributed by atoms with Gasteiger partial charge in [-0.25, -0.2) is 0 Å². The summed E-state index contributed by atoms with van der Waals surface area (Å²) in [4.78, 5) is 3.72. The summed E-state index contributed by atoms with van der Waals surface area (Å²) in [6, 6.07) is 0.322. The summed E-state index contributed by atoms with van der Waals surface area (Å²) < 4.78 is 38.2. The van der Waals surface area contributed by atoms with Crippen LogP contribution in [0, 0.1) is 0 Å². The van der Waals surface area contributed by atoms with Crippen LogP contribution in [0.1, 0.15) is 31.0 Å². The second-order valence-corrected chi connectivity index (χ2v) is 5.56. The van der Waals surface area contributed by atoms with E-state index in [4.69, 9.17) is 5.73 Å². The van der Waals surface area contributed by atoms with Crippen LogP contribution in [0.3, 0.4) is 0 Å². The highest BCUT2D eigenvalue weighted by molar-refractivity contribution is 7.99. The van der Waals surface area contributed by atoms with Crippen molar-refractivity contribution >= 4 is 11.8 Å². The lowest BCUT2D eigenvalue weighted by atomic mass is 10.0. The Bertz CT molecular complexity index is 366. The van der Waals surface area contributed by atoms with Crippen LogP contribution < -0.4 is 5.73 Å². The van der Waals surface area contributed by atoms with Gasteiger partial charge in [0.05, 0.1) is 5.56 Å². The molecule has 96 valence electrons. The van der Waals surface area contributed by atoms with Crippen molar-refractivity contribution in [2.24, 2.45) is 5.73 Å². The lowest BCUT2D eigenvalue weighted by Gasteiger charge is -2.18. The molecular formula is C11H15F3N2S. The number of aromatic nitrogens is 1. The van der Waals surface area contributed by atoms with E-state index in [2.05, 4.69) is 4.98 Å². The van der Waals surface area contributed by atoms with Crippen molar-refractivity contribution in [3.05, 3.63) is 29.6 Å². The Morgan fingerprint density at radius 3 is 2.59 bits per heavy atom. The summed E-state index contributed by atoms with van der Waals surface area (Å²) in [6.45, 7) is 3.95. The van der Waals surface area contributed by atoms with E-state index in [0.29, 0.717) is 11.0 Å². The van der Waals surface area contributed by atoms with Crippen LogP contribution in [0.15, 0.2) is 18.5 Å². The Hall–Kier alpha value is -0.750. The molecule has 0 aliphatic carbocycles. The van der Waals surface area contributed by atoms with Gasteiger partial charge in [-0.15, -0.1) is 0 Å². The molecule has 0 aliphatic rings. The highest BCUT2D eigenvalue weighted by Gasteiger charge is 2.34. The third-order valence-corrected chi connectivity index (χ3v) is 3.38. The molecule has 0 spiro atoms. The predicted octanol–water partition coefficient (Wildman–Crippen LogP) is 3.24. The maximum absolute atomic E-state index is 12.7. The molecule has 1 heterocycles. The standard InChI is InChI=1S/C11H15F3N2S/c1-7(2)17-6-10(15)8-5-16-4-3-9(8)11(12,13)14/h3-5,7,10H,6,15H2,1-2H3. The highest BCUT2D eigenvalue weighted by Crippen LogP contribution is 2.34. The van der Waals surface area contributed by atoms with E-state index in [9.17, 15) is 13.2 Å². The van der Waals surface area contributed by atoms with Crippen LogP contribution in [0.2, 0.25) is 0 Å². The van der Waals surface area contributed by atoms with E-state index in [0.717, 1.165) is 12.3 Å². The molecule has 1 unspecified atom stereocenters. The van der Waals surface area contributed by atoms with Gasteiger partial charge in [0.2, 0.25) is 0 Å². The smallest absolute Gasteiger partial charge is 0.323 e. The molecule has 6 heteroatoms. The van der Waals surface area contributed by atoms with E-state index < -0.39 is 17.8 Å².